The molecule has 0 aliphatic heterocycles. The molecule has 0 amide bonds. The highest BCUT2D eigenvalue weighted by Crippen LogP contribution is 2.46. The summed E-state index contributed by atoms with van der Waals surface area (Å²) in [7, 11) is 0. The van der Waals surface area contributed by atoms with E-state index in [1.54, 1.807) is 0 Å². The quantitative estimate of drug-likeness (QED) is 0.138. The maximum Gasteiger partial charge on any atom is 0.0548 e. The standard InChI is InChI=1S/C54H35N3.C48H31N3/c1-4-14-36(15-5-1)37-24-28-42(29-25-37)55-49-22-12-10-20-43(49)45-32-38(26-30-51(45)55)39-27-31-52-46(33-39)48-35-53-47(34-54(48)57(52)41-18-8-3-9-19-41)44-21-11-13-23-50(44)56(53)40-16-6-2-7-17-40;1-4-14-34(15-5-1)49-43-22-12-10-20-37(43)39-28-32(24-26-45(39)49)33-25-27-46-40(29-33)42-31-47-41(30-48(42)51(46)36-18-8-3-9-19-36)38-21-11-13-23-44(38)50(47)35-16-6-2-7-17-35/h1-35H;1-31H. The zero-order chi connectivity index (χ0) is 70.9. The summed E-state index contributed by atoms with van der Waals surface area (Å²) in [5.74, 6) is 0. The average Bonchev–Trinajstić information content (AvgIpc) is 1.56. The van der Waals surface area contributed by atoms with Gasteiger partial charge in [-0.1, -0.05) is 231 Å². The van der Waals surface area contributed by atoms with Crippen LogP contribution >= 0.6 is 0 Å². The second-order valence-corrected chi connectivity index (χ2v) is 28.4. The van der Waals surface area contributed by atoms with Crippen LogP contribution in [0.1, 0.15) is 0 Å². The Kier molecular flexibility index (Phi) is 13.9. The average molecular weight is 1380 g/mol. The van der Waals surface area contributed by atoms with Gasteiger partial charge in [-0.3, -0.25) is 0 Å². The Morgan fingerprint density at radius 1 is 0.102 bits per heavy atom. The van der Waals surface area contributed by atoms with Crippen LogP contribution in [0, 0.1) is 0 Å². The molecule has 0 aliphatic rings. The molecule has 0 fully saturated rings. The summed E-state index contributed by atoms with van der Waals surface area (Å²) in [5, 5.41) is 15.0. The van der Waals surface area contributed by atoms with Crippen molar-refractivity contribution in [3.63, 3.8) is 0 Å². The molecule has 0 aliphatic carbocycles. The summed E-state index contributed by atoms with van der Waals surface area (Å²) in [4.78, 5) is 0. The van der Waals surface area contributed by atoms with E-state index in [1.165, 1.54) is 176 Å². The number of fused-ring (bicyclic) bond motifs is 18. The van der Waals surface area contributed by atoms with Crippen LogP contribution in [0.5, 0.6) is 0 Å². The third kappa shape index (κ3) is 9.60. The Bertz CT molecular complexity index is 7480. The minimum absolute atomic E-state index is 1.16. The Morgan fingerprint density at radius 2 is 0.278 bits per heavy atom. The molecule has 0 saturated heterocycles. The zero-order valence-corrected chi connectivity index (χ0v) is 58.8. The molecule has 6 aromatic heterocycles. The maximum absolute atomic E-state index is 2.43. The second kappa shape index (κ2) is 24.6. The van der Waals surface area contributed by atoms with Crippen LogP contribution in [0.15, 0.2) is 400 Å². The molecule has 0 unspecified atom stereocenters. The molecule has 0 N–H and O–H groups in total. The topological polar surface area (TPSA) is 29.6 Å². The van der Waals surface area contributed by atoms with E-state index < -0.39 is 0 Å². The summed E-state index contributed by atoms with van der Waals surface area (Å²) in [6, 6.07) is 146. The first-order valence-corrected chi connectivity index (χ1v) is 37.1. The third-order valence-electron chi connectivity index (χ3n) is 22.4. The van der Waals surface area contributed by atoms with Crippen LogP contribution in [0.2, 0.25) is 0 Å². The van der Waals surface area contributed by atoms with Gasteiger partial charge in [0.05, 0.1) is 66.2 Å². The van der Waals surface area contributed by atoms with Crippen LogP contribution in [0.4, 0.5) is 0 Å². The van der Waals surface area contributed by atoms with Gasteiger partial charge < -0.3 is 27.4 Å². The first-order valence-electron chi connectivity index (χ1n) is 37.1. The Balaban J connectivity index is 0.000000135. The predicted octanol–water partition coefficient (Wildman–Crippen LogP) is 27.0. The summed E-state index contributed by atoms with van der Waals surface area (Å²) in [6.07, 6.45) is 0. The first kappa shape index (κ1) is 61.1. The fraction of sp³-hybridized carbons (Fsp3) is 0. The highest BCUT2D eigenvalue weighted by Gasteiger charge is 2.24. The molecule has 0 atom stereocenters. The molecule has 108 heavy (non-hydrogen) atoms. The molecule has 6 nitrogen and oxygen atoms in total. The van der Waals surface area contributed by atoms with Gasteiger partial charge in [0, 0.05) is 98.8 Å². The van der Waals surface area contributed by atoms with Gasteiger partial charge in [0.15, 0.2) is 0 Å². The lowest BCUT2D eigenvalue weighted by molar-refractivity contribution is 1.17. The molecule has 17 aromatic carbocycles. The highest BCUT2D eigenvalue weighted by molar-refractivity contribution is 6.22. The van der Waals surface area contributed by atoms with Crippen molar-refractivity contribution in [1.82, 2.24) is 27.4 Å². The van der Waals surface area contributed by atoms with Gasteiger partial charge in [-0.15, -0.1) is 0 Å². The van der Waals surface area contributed by atoms with Gasteiger partial charge in [0.2, 0.25) is 0 Å². The van der Waals surface area contributed by atoms with Gasteiger partial charge in [-0.25, -0.2) is 0 Å². The first-order chi connectivity index (χ1) is 53.6. The van der Waals surface area contributed by atoms with E-state index in [-0.39, 0.29) is 0 Å². The minimum Gasteiger partial charge on any atom is -0.309 e. The molecule has 504 valence electrons. The van der Waals surface area contributed by atoms with E-state index in [0.717, 1.165) is 22.7 Å². The number of aromatic nitrogens is 6. The second-order valence-electron chi connectivity index (χ2n) is 28.4. The molecular formula is C102H66N6. The Labute approximate surface area is 622 Å². The van der Waals surface area contributed by atoms with Crippen LogP contribution in [-0.4, -0.2) is 27.4 Å². The smallest absolute Gasteiger partial charge is 0.0548 e. The molecule has 0 spiro atoms. The van der Waals surface area contributed by atoms with E-state index in [1.807, 2.05) is 0 Å². The molecule has 23 rings (SSSR count). The molecule has 6 heteroatoms. The van der Waals surface area contributed by atoms with Crippen molar-refractivity contribution in [1.29, 1.82) is 0 Å². The minimum atomic E-state index is 1.16. The van der Waals surface area contributed by atoms with Crippen molar-refractivity contribution in [2.75, 3.05) is 0 Å². The van der Waals surface area contributed by atoms with E-state index in [4.69, 9.17) is 0 Å². The fourth-order valence-corrected chi connectivity index (χ4v) is 17.6. The van der Waals surface area contributed by atoms with E-state index in [2.05, 4.69) is 428 Å². The predicted molar refractivity (Wildman–Crippen MR) is 455 cm³/mol. The van der Waals surface area contributed by atoms with Gasteiger partial charge in [-0.05, 0) is 203 Å². The van der Waals surface area contributed by atoms with Crippen LogP contribution in [0.25, 0.3) is 198 Å². The summed E-state index contributed by atoms with van der Waals surface area (Å²) in [5.41, 5.74) is 28.7. The molecule has 0 radical (unpaired) electrons. The normalized spacial score (nSPS) is 11.9. The number of hydrogen-bond donors (Lipinski definition) is 0. The van der Waals surface area contributed by atoms with Gasteiger partial charge in [-0.2, -0.15) is 0 Å². The van der Waals surface area contributed by atoms with Crippen molar-refractivity contribution in [2.45, 2.75) is 0 Å². The van der Waals surface area contributed by atoms with Crippen molar-refractivity contribution >= 4 is 131 Å². The SMILES string of the molecule is c1ccc(-c2ccc(-n3c4ccccc4c4cc(-c5ccc6c(c5)c5cc7c(cc5n6-c5ccccc5)c5ccccc5n7-c5ccccc5)ccc43)cc2)cc1.c1ccc(-n2c3ccccc3c3cc(-c4ccc5c(c4)c4cc6c(cc4n5-c4ccccc4)c4ccccc4n6-c4ccccc4)ccc32)cc1. The van der Waals surface area contributed by atoms with Crippen molar-refractivity contribution in [3.05, 3.63) is 400 Å². The lowest BCUT2D eigenvalue weighted by Gasteiger charge is -2.10. The Morgan fingerprint density at radius 3 is 0.556 bits per heavy atom. The van der Waals surface area contributed by atoms with Gasteiger partial charge in [0.1, 0.15) is 0 Å². The van der Waals surface area contributed by atoms with Gasteiger partial charge >= 0.3 is 0 Å². The lowest BCUT2D eigenvalue weighted by Crippen LogP contribution is -1.94. The monoisotopic (exact) mass is 1370 g/mol. The van der Waals surface area contributed by atoms with Crippen LogP contribution in [0.3, 0.4) is 0 Å². The number of rotatable bonds is 9. The van der Waals surface area contributed by atoms with E-state index in [9.17, 15) is 0 Å². The Hall–Kier alpha value is -14.5. The van der Waals surface area contributed by atoms with Crippen molar-refractivity contribution in [2.24, 2.45) is 0 Å². The van der Waals surface area contributed by atoms with Crippen LogP contribution in [-0.2, 0) is 0 Å². The molecular weight excluding hydrogens is 1310 g/mol. The maximum atomic E-state index is 2.43. The van der Waals surface area contributed by atoms with Gasteiger partial charge in [0.25, 0.3) is 0 Å². The van der Waals surface area contributed by atoms with Crippen molar-refractivity contribution in [3.8, 4) is 67.5 Å². The number of hydrogen-bond acceptors (Lipinski definition) is 0. The summed E-state index contributed by atoms with van der Waals surface area (Å²) < 4.78 is 14.5. The number of benzene rings is 17. The molecule has 6 heterocycles. The number of para-hydroxylation sites is 9. The molecule has 0 bridgehead atoms. The van der Waals surface area contributed by atoms with Crippen molar-refractivity contribution < 1.29 is 0 Å². The molecule has 0 saturated carbocycles. The highest BCUT2D eigenvalue weighted by atomic mass is 15.0. The molecule has 23 aromatic rings. The van der Waals surface area contributed by atoms with Crippen LogP contribution < -0.4 is 0 Å². The number of nitrogens with zero attached hydrogens (tertiary/aromatic N) is 6. The largest absolute Gasteiger partial charge is 0.309 e. The lowest BCUT2D eigenvalue weighted by atomic mass is 10.00. The van der Waals surface area contributed by atoms with E-state index in [0.29, 0.717) is 0 Å². The third-order valence-corrected chi connectivity index (χ3v) is 22.4. The summed E-state index contributed by atoms with van der Waals surface area (Å²) in [6.45, 7) is 0. The zero-order valence-electron chi connectivity index (χ0n) is 58.8. The van der Waals surface area contributed by atoms with E-state index >= 15 is 0 Å². The summed E-state index contributed by atoms with van der Waals surface area (Å²) >= 11 is 0. The fourth-order valence-electron chi connectivity index (χ4n) is 17.6.